The van der Waals surface area contributed by atoms with E-state index in [2.05, 4.69) is 17.2 Å². The predicted molar refractivity (Wildman–Crippen MR) is 73.8 cm³/mol. The third-order valence-electron chi connectivity index (χ3n) is 2.48. The van der Waals surface area contributed by atoms with Crippen LogP contribution < -0.4 is 5.32 Å². The zero-order valence-electron chi connectivity index (χ0n) is 11.6. The summed E-state index contributed by atoms with van der Waals surface area (Å²) < 4.78 is 18.2. The van der Waals surface area contributed by atoms with Crippen LogP contribution in [0.5, 0.6) is 0 Å². The number of methoxy groups -OCH3 is 1. The summed E-state index contributed by atoms with van der Waals surface area (Å²) in [4.78, 5) is 12.1. The molecular weight excluding hydrogens is 261 g/mol. The van der Waals surface area contributed by atoms with Gasteiger partial charge in [-0.05, 0) is 25.1 Å². The molecule has 0 fully saturated rings. The highest BCUT2D eigenvalue weighted by Gasteiger charge is 2.14. The minimum atomic E-state index is -0.498. The van der Waals surface area contributed by atoms with Crippen LogP contribution in [0.4, 0.5) is 4.39 Å². The van der Waals surface area contributed by atoms with Crippen LogP contribution in [0.2, 0.25) is 0 Å². The number of benzene rings is 1. The van der Waals surface area contributed by atoms with Crippen LogP contribution in [0.15, 0.2) is 18.2 Å². The van der Waals surface area contributed by atoms with E-state index in [1.54, 1.807) is 6.92 Å². The van der Waals surface area contributed by atoms with Gasteiger partial charge in [0.25, 0.3) is 5.91 Å². The molecule has 0 saturated heterocycles. The SMILES string of the molecule is COCC(C)NC(=O)c1cc(F)ccc1C#CCCO. The number of ether oxygens (including phenoxy) is 1. The van der Waals surface area contributed by atoms with E-state index in [0.29, 0.717) is 18.6 Å². The topological polar surface area (TPSA) is 58.6 Å². The Morgan fingerprint density at radius 1 is 1.55 bits per heavy atom. The lowest BCUT2D eigenvalue weighted by molar-refractivity contribution is 0.0905. The van der Waals surface area contributed by atoms with Crippen molar-refractivity contribution in [3.05, 3.63) is 35.1 Å². The number of halogens is 1. The van der Waals surface area contributed by atoms with Crippen molar-refractivity contribution in [3.63, 3.8) is 0 Å². The van der Waals surface area contributed by atoms with E-state index in [4.69, 9.17) is 9.84 Å². The van der Waals surface area contributed by atoms with Crippen molar-refractivity contribution < 1.29 is 19.0 Å². The lowest BCUT2D eigenvalue weighted by Gasteiger charge is -2.13. The zero-order chi connectivity index (χ0) is 15.0. The average Bonchev–Trinajstić information content (AvgIpc) is 2.40. The molecule has 4 nitrogen and oxygen atoms in total. The number of hydrogen-bond donors (Lipinski definition) is 2. The zero-order valence-corrected chi connectivity index (χ0v) is 11.6. The lowest BCUT2D eigenvalue weighted by atomic mass is 10.1. The van der Waals surface area contributed by atoms with Gasteiger partial charge >= 0.3 is 0 Å². The molecule has 2 N–H and O–H groups in total. The number of carbonyl (C=O) groups is 1. The Hall–Kier alpha value is -1.90. The maximum atomic E-state index is 13.3. The highest BCUT2D eigenvalue weighted by atomic mass is 19.1. The average molecular weight is 279 g/mol. The summed E-state index contributed by atoms with van der Waals surface area (Å²) in [7, 11) is 1.54. The van der Waals surface area contributed by atoms with Crippen molar-refractivity contribution in [1.29, 1.82) is 0 Å². The molecule has 0 aliphatic carbocycles. The van der Waals surface area contributed by atoms with Crippen molar-refractivity contribution in [2.75, 3.05) is 20.3 Å². The fourth-order valence-electron chi connectivity index (χ4n) is 1.62. The van der Waals surface area contributed by atoms with Crippen molar-refractivity contribution in [1.82, 2.24) is 5.32 Å². The molecule has 1 unspecified atom stereocenters. The summed E-state index contributed by atoms with van der Waals surface area (Å²) in [6.07, 6.45) is 0.304. The number of aliphatic hydroxyl groups is 1. The number of hydrogen-bond acceptors (Lipinski definition) is 3. The van der Waals surface area contributed by atoms with Crippen LogP contribution in [0.1, 0.15) is 29.3 Å². The third-order valence-corrected chi connectivity index (χ3v) is 2.48. The molecule has 0 aliphatic heterocycles. The Morgan fingerprint density at radius 2 is 2.30 bits per heavy atom. The highest BCUT2D eigenvalue weighted by molar-refractivity contribution is 5.96. The fourth-order valence-corrected chi connectivity index (χ4v) is 1.62. The van der Waals surface area contributed by atoms with E-state index in [-0.39, 0.29) is 18.2 Å². The van der Waals surface area contributed by atoms with Crippen LogP contribution in [0, 0.1) is 17.7 Å². The quantitative estimate of drug-likeness (QED) is 0.799. The molecule has 0 radical (unpaired) electrons. The summed E-state index contributed by atoms with van der Waals surface area (Å²) in [5.74, 6) is 4.58. The monoisotopic (exact) mass is 279 g/mol. The van der Waals surface area contributed by atoms with Crippen LogP contribution in [-0.2, 0) is 4.74 Å². The summed E-state index contributed by atoms with van der Waals surface area (Å²) in [6, 6.07) is 3.67. The second-order valence-corrected chi connectivity index (χ2v) is 4.30. The fraction of sp³-hybridized carbons (Fsp3) is 0.400. The Labute approximate surface area is 117 Å². The van der Waals surface area contributed by atoms with E-state index in [1.165, 1.54) is 19.2 Å². The minimum Gasteiger partial charge on any atom is -0.395 e. The van der Waals surface area contributed by atoms with E-state index in [1.807, 2.05) is 0 Å². The summed E-state index contributed by atoms with van der Waals surface area (Å²) >= 11 is 0. The first-order chi connectivity index (χ1) is 9.58. The Morgan fingerprint density at radius 3 is 2.95 bits per heavy atom. The van der Waals surface area contributed by atoms with Gasteiger partial charge in [0.05, 0.1) is 18.8 Å². The molecule has 1 atom stereocenters. The molecule has 0 aliphatic rings. The Kier molecular flexibility index (Phi) is 6.71. The molecular formula is C15H18FNO3. The number of amides is 1. The third kappa shape index (κ3) is 5.00. The second-order valence-electron chi connectivity index (χ2n) is 4.30. The smallest absolute Gasteiger partial charge is 0.252 e. The molecule has 0 saturated carbocycles. The molecule has 1 rings (SSSR count). The number of rotatable bonds is 5. The first kappa shape index (κ1) is 16.2. The number of aliphatic hydroxyl groups excluding tert-OH is 1. The molecule has 0 aromatic heterocycles. The molecule has 108 valence electrons. The van der Waals surface area contributed by atoms with Crippen molar-refractivity contribution in [2.45, 2.75) is 19.4 Å². The maximum Gasteiger partial charge on any atom is 0.252 e. The van der Waals surface area contributed by atoms with Gasteiger partial charge in [0.2, 0.25) is 0 Å². The van der Waals surface area contributed by atoms with Gasteiger partial charge in [-0.25, -0.2) is 4.39 Å². The molecule has 5 heteroatoms. The molecule has 0 heterocycles. The van der Waals surface area contributed by atoms with Gasteiger partial charge in [-0.1, -0.05) is 11.8 Å². The van der Waals surface area contributed by atoms with Crippen molar-refractivity contribution in [3.8, 4) is 11.8 Å². The molecule has 0 spiro atoms. The van der Waals surface area contributed by atoms with Gasteiger partial charge < -0.3 is 15.2 Å². The predicted octanol–water partition coefficient (Wildman–Crippen LogP) is 1.32. The van der Waals surface area contributed by atoms with Gasteiger partial charge in [0.15, 0.2) is 0 Å². The normalized spacial score (nSPS) is 11.4. The minimum absolute atomic E-state index is 0.0550. The largest absolute Gasteiger partial charge is 0.395 e. The van der Waals surface area contributed by atoms with E-state index >= 15 is 0 Å². The second kappa shape index (κ2) is 8.31. The first-order valence-electron chi connectivity index (χ1n) is 6.27. The van der Waals surface area contributed by atoms with Gasteiger partial charge in [-0.2, -0.15) is 0 Å². The summed E-state index contributed by atoms with van der Waals surface area (Å²) in [6.45, 7) is 2.10. The first-order valence-corrected chi connectivity index (χ1v) is 6.27. The summed E-state index contributed by atoms with van der Waals surface area (Å²) in [5.41, 5.74) is 0.611. The van der Waals surface area contributed by atoms with Crippen LogP contribution in [0.3, 0.4) is 0 Å². The van der Waals surface area contributed by atoms with Crippen molar-refractivity contribution >= 4 is 5.91 Å². The van der Waals surface area contributed by atoms with Crippen molar-refractivity contribution in [2.24, 2.45) is 0 Å². The molecule has 1 aromatic rings. The number of nitrogens with one attached hydrogen (secondary N) is 1. The van der Waals surface area contributed by atoms with Gasteiger partial charge in [0, 0.05) is 25.1 Å². The van der Waals surface area contributed by atoms with E-state index in [9.17, 15) is 9.18 Å². The standard InChI is InChI=1S/C15H18FNO3/c1-11(10-20-2)17-15(19)14-9-13(16)7-6-12(14)5-3-4-8-18/h6-7,9,11,18H,4,8,10H2,1-2H3,(H,17,19). The molecule has 0 bridgehead atoms. The Balaban J connectivity index is 2.94. The molecule has 20 heavy (non-hydrogen) atoms. The van der Waals surface area contributed by atoms with Gasteiger partial charge in [-0.15, -0.1) is 0 Å². The molecule has 1 aromatic carbocycles. The van der Waals surface area contributed by atoms with Gasteiger partial charge in [-0.3, -0.25) is 4.79 Å². The van der Waals surface area contributed by atoms with E-state index < -0.39 is 11.7 Å². The number of carbonyl (C=O) groups excluding carboxylic acids is 1. The van der Waals surface area contributed by atoms with Crippen LogP contribution in [0.25, 0.3) is 0 Å². The lowest BCUT2D eigenvalue weighted by Crippen LogP contribution is -2.36. The molecule has 1 amide bonds. The summed E-state index contributed by atoms with van der Waals surface area (Å²) in [5, 5.41) is 11.4. The van der Waals surface area contributed by atoms with Crippen LogP contribution >= 0.6 is 0 Å². The van der Waals surface area contributed by atoms with Crippen LogP contribution in [-0.4, -0.2) is 37.4 Å². The maximum absolute atomic E-state index is 13.3. The van der Waals surface area contributed by atoms with E-state index in [0.717, 1.165) is 6.07 Å². The highest BCUT2D eigenvalue weighted by Crippen LogP contribution is 2.11. The Bertz CT molecular complexity index is 520. The van der Waals surface area contributed by atoms with Gasteiger partial charge in [0.1, 0.15) is 5.82 Å².